The smallest absolute Gasteiger partial charge is 0.167 e. The second-order valence-electron chi connectivity index (χ2n) is 2.66. The zero-order valence-corrected chi connectivity index (χ0v) is 10.6. The third kappa shape index (κ3) is 1.97. The Morgan fingerprint density at radius 3 is 2.07 bits per heavy atom. The number of halogens is 5. The average molecular weight is 302 g/mol. The molecule has 0 amide bonds. The molecule has 0 bridgehead atoms. The van der Waals surface area contributed by atoms with E-state index in [1.807, 2.05) is 0 Å². The van der Waals surface area contributed by atoms with Crippen molar-refractivity contribution in [1.82, 2.24) is 9.97 Å². The lowest BCUT2D eigenvalue weighted by Crippen LogP contribution is -1.89. The van der Waals surface area contributed by atoms with Crippen molar-refractivity contribution < 1.29 is 0 Å². The third-order valence-electron chi connectivity index (χ3n) is 1.72. The van der Waals surface area contributed by atoms with Crippen LogP contribution < -0.4 is 0 Å². The summed E-state index contributed by atoms with van der Waals surface area (Å²) >= 11 is 29.0. The number of benzene rings is 1. The fourth-order valence-electron chi connectivity index (χ4n) is 1.06. The lowest BCUT2D eigenvalue weighted by Gasteiger charge is -2.04. The van der Waals surface area contributed by atoms with Crippen LogP contribution in [0.5, 0.6) is 0 Å². The van der Waals surface area contributed by atoms with E-state index in [0.717, 1.165) is 0 Å². The molecule has 1 aromatic carbocycles. The molecule has 0 aliphatic carbocycles. The second kappa shape index (κ2) is 4.11. The SMILES string of the molecule is Clc1cc2nc(Cl)c(Cl)nc2c(Cl)c1Cl. The number of nitrogens with zero attached hydrogens (tertiary/aromatic N) is 2. The molecule has 0 unspecified atom stereocenters. The first-order valence-corrected chi connectivity index (χ1v) is 5.56. The van der Waals surface area contributed by atoms with Gasteiger partial charge in [-0.3, -0.25) is 0 Å². The van der Waals surface area contributed by atoms with Gasteiger partial charge in [-0.15, -0.1) is 0 Å². The van der Waals surface area contributed by atoms with E-state index < -0.39 is 0 Å². The number of fused-ring (bicyclic) bond motifs is 1. The quantitative estimate of drug-likeness (QED) is 0.647. The van der Waals surface area contributed by atoms with Gasteiger partial charge in [0.2, 0.25) is 0 Å². The van der Waals surface area contributed by atoms with Gasteiger partial charge in [0, 0.05) is 0 Å². The van der Waals surface area contributed by atoms with Crippen LogP contribution >= 0.6 is 58.0 Å². The van der Waals surface area contributed by atoms with Crippen LogP contribution in [0.15, 0.2) is 6.07 Å². The summed E-state index contributed by atoms with van der Waals surface area (Å²) < 4.78 is 0. The molecule has 7 heteroatoms. The summed E-state index contributed by atoms with van der Waals surface area (Å²) in [4.78, 5) is 7.95. The highest BCUT2D eigenvalue weighted by atomic mass is 35.5. The summed E-state index contributed by atoms with van der Waals surface area (Å²) in [5.41, 5.74) is 0.823. The van der Waals surface area contributed by atoms with Gasteiger partial charge in [-0.05, 0) is 6.07 Å². The minimum atomic E-state index is 0.0736. The Morgan fingerprint density at radius 1 is 0.800 bits per heavy atom. The molecule has 0 saturated carbocycles. The van der Waals surface area contributed by atoms with Crippen molar-refractivity contribution in [1.29, 1.82) is 0 Å². The van der Waals surface area contributed by atoms with Gasteiger partial charge in [-0.25, -0.2) is 9.97 Å². The zero-order chi connectivity index (χ0) is 11.2. The minimum absolute atomic E-state index is 0.0736. The van der Waals surface area contributed by atoms with Gasteiger partial charge in [0.05, 0.1) is 20.6 Å². The molecule has 0 spiro atoms. The fraction of sp³-hybridized carbons (Fsp3) is 0. The molecule has 0 radical (unpaired) electrons. The predicted octanol–water partition coefficient (Wildman–Crippen LogP) is 4.90. The van der Waals surface area contributed by atoms with Crippen LogP contribution in [0.4, 0.5) is 0 Å². The van der Waals surface area contributed by atoms with Crippen molar-refractivity contribution in [3.05, 3.63) is 31.4 Å². The van der Waals surface area contributed by atoms with Gasteiger partial charge < -0.3 is 0 Å². The van der Waals surface area contributed by atoms with Gasteiger partial charge in [0.15, 0.2) is 10.3 Å². The van der Waals surface area contributed by atoms with Crippen LogP contribution in [0.2, 0.25) is 25.4 Å². The Morgan fingerprint density at radius 2 is 1.40 bits per heavy atom. The van der Waals surface area contributed by atoms with Gasteiger partial charge >= 0.3 is 0 Å². The summed E-state index contributed by atoms with van der Waals surface area (Å²) in [7, 11) is 0. The lowest BCUT2D eigenvalue weighted by molar-refractivity contribution is 1.29. The van der Waals surface area contributed by atoms with Crippen molar-refractivity contribution >= 4 is 69.0 Å². The van der Waals surface area contributed by atoms with Crippen LogP contribution in [0.3, 0.4) is 0 Å². The first kappa shape index (κ1) is 11.5. The summed E-state index contributed by atoms with van der Waals surface area (Å²) in [6.45, 7) is 0. The van der Waals surface area contributed by atoms with Crippen molar-refractivity contribution in [2.75, 3.05) is 0 Å². The zero-order valence-electron chi connectivity index (χ0n) is 6.86. The van der Waals surface area contributed by atoms with Crippen LogP contribution in [0.25, 0.3) is 11.0 Å². The Labute approximate surface area is 110 Å². The number of rotatable bonds is 0. The maximum absolute atomic E-state index is 5.93. The van der Waals surface area contributed by atoms with Crippen LogP contribution in [0, 0.1) is 0 Å². The molecule has 78 valence electrons. The van der Waals surface area contributed by atoms with E-state index >= 15 is 0 Å². The highest BCUT2D eigenvalue weighted by Crippen LogP contribution is 2.36. The molecule has 15 heavy (non-hydrogen) atoms. The standard InChI is InChI=1S/C8HCl5N2/c9-2-1-3-6(5(11)4(2)10)15-8(13)7(12)14-3/h1H. The Balaban J connectivity index is 2.93. The number of aromatic nitrogens is 2. The summed E-state index contributed by atoms with van der Waals surface area (Å²) in [6.07, 6.45) is 0. The van der Waals surface area contributed by atoms with E-state index in [9.17, 15) is 0 Å². The Kier molecular flexibility index (Phi) is 3.15. The number of hydrogen-bond donors (Lipinski definition) is 0. The van der Waals surface area contributed by atoms with Gasteiger partial charge in [-0.1, -0.05) is 58.0 Å². The average Bonchev–Trinajstić information content (AvgIpc) is 2.19. The van der Waals surface area contributed by atoms with Crippen molar-refractivity contribution in [3.8, 4) is 0 Å². The van der Waals surface area contributed by atoms with E-state index in [4.69, 9.17) is 58.0 Å². The van der Waals surface area contributed by atoms with Crippen LogP contribution in [-0.4, -0.2) is 9.97 Å². The highest BCUT2D eigenvalue weighted by molar-refractivity contribution is 6.50. The van der Waals surface area contributed by atoms with E-state index in [1.54, 1.807) is 0 Å². The van der Waals surface area contributed by atoms with Gasteiger partial charge in [0.1, 0.15) is 5.52 Å². The van der Waals surface area contributed by atoms with E-state index in [2.05, 4.69) is 9.97 Å². The Hall–Kier alpha value is 0.01000. The summed E-state index contributed by atoms with van der Waals surface area (Å²) in [6, 6.07) is 1.53. The largest absolute Gasteiger partial charge is 0.231 e. The first-order valence-electron chi connectivity index (χ1n) is 3.67. The fourth-order valence-corrected chi connectivity index (χ4v) is 1.95. The summed E-state index contributed by atoms with van der Waals surface area (Å²) in [5, 5.41) is 0.897. The predicted molar refractivity (Wildman–Crippen MR) is 64.6 cm³/mol. The monoisotopic (exact) mass is 300 g/mol. The molecule has 0 saturated heterocycles. The lowest BCUT2D eigenvalue weighted by atomic mass is 10.3. The van der Waals surface area contributed by atoms with Gasteiger partial charge in [-0.2, -0.15) is 0 Å². The van der Waals surface area contributed by atoms with E-state index in [0.29, 0.717) is 16.1 Å². The van der Waals surface area contributed by atoms with Crippen LogP contribution in [-0.2, 0) is 0 Å². The second-order valence-corrected chi connectivity index (χ2v) is 4.54. The molecule has 2 aromatic rings. The van der Waals surface area contributed by atoms with Crippen molar-refractivity contribution in [2.45, 2.75) is 0 Å². The van der Waals surface area contributed by atoms with E-state index in [1.165, 1.54) is 6.07 Å². The maximum Gasteiger partial charge on any atom is 0.167 e. The molecular weight excluding hydrogens is 301 g/mol. The third-order valence-corrected chi connectivity index (χ3v) is 3.59. The molecule has 1 aromatic heterocycles. The summed E-state index contributed by atoms with van der Waals surface area (Å²) in [5.74, 6) is 0. The maximum atomic E-state index is 5.93. The Bertz CT molecular complexity index is 549. The minimum Gasteiger partial charge on any atom is -0.231 e. The van der Waals surface area contributed by atoms with E-state index in [-0.39, 0.29) is 20.4 Å². The molecule has 1 heterocycles. The van der Waals surface area contributed by atoms with Crippen molar-refractivity contribution in [2.24, 2.45) is 0 Å². The van der Waals surface area contributed by atoms with Crippen LogP contribution in [0.1, 0.15) is 0 Å². The highest BCUT2D eigenvalue weighted by Gasteiger charge is 2.13. The molecule has 0 fully saturated rings. The molecule has 0 N–H and O–H groups in total. The molecule has 2 rings (SSSR count). The number of hydrogen-bond acceptors (Lipinski definition) is 2. The molecule has 0 atom stereocenters. The molecule has 2 nitrogen and oxygen atoms in total. The van der Waals surface area contributed by atoms with Crippen molar-refractivity contribution in [3.63, 3.8) is 0 Å². The molecule has 0 aliphatic heterocycles. The molecular formula is C8HCl5N2. The normalized spacial score (nSPS) is 11.0. The van der Waals surface area contributed by atoms with Gasteiger partial charge in [0.25, 0.3) is 0 Å². The first-order chi connectivity index (χ1) is 7.00. The molecule has 0 aliphatic rings. The topological polar surface area (TPSA) is 25.8 Å².